The molecule has 2 aromatic heterocycles. The summed E-state index contributed by atoms with van der Waals surface area (Å²) in [5, 5.41) is 21.7. The average Bonchev–Trinajstić information content (AvgIpc) is 3.72. The fourth-order valence-electron chi connectivity index (χ4n) is 5.40. The topological polar surface area (TPSA) is 76.1 Å². The zero-order valence-corrected chi connectivity index (χ0v) is 22.1. The van der Waals surface area contributed by atoms with E-state index < -0.39 is 11.2 Å². The molecule has 0 spiro atoms. The van der Waals surface area contributed by atoms with Gasteiger partial charge in [0.1, 0.15) is 17.0 Å². The molecule has 3 aromatic carbocycles. The maximum Gasteiger partial charge on any atom is 0.133 e. The molecule has 2 aliphatic rings. The molecule has 0 amide bonds. The van der Waals surface area contributed by atoms with E-state index in [1.54, 1.807) is 37.2 Å². The fourth-order valence-corrected chi connectivity index (χ4v) is 5.66. The van der Waals surface area contributed by atoms with E-state index in [-0.39, 0.29) is 5.82 Å². The van der Waals surface area contributed by atoms with Crippen LogP contribution in [0.15, 0.2) is 102 Å². The van der Waals surface area contributed by atoms with Crippen LogP contribution in [0.1, 0.15) is 35.4 Å². The van der Waals surface area contributed by atoms with Crippen molar-refractivity contribution in [3.63, 3.8) is 0 Å². The van der Waals surface area contributed by atoms with Gasteiger partial charge in [-0.05, 0) is 46.5 Å². The molecule has 2 unspecified atom stereocenters. The smallest absolute Gasteiger partial charge is 0.133 e. The lowest BCUT2D eigenvalue weighted by Gasteiger charge is -2.22. The number of rotatable bonds is 3. The maximum atomic E-state index is 13.0. The van der Waals surface area contributed by atoms with Crippen LogP contribution < -0.4 is 0 Å². The second kappa shape index (κ2) is 9.62. The molecule has 5 aromatic rings. The van der Waals surface area contributed by atoms with Crippen molar-refractivity contribution in [3.8, 4) is 11.1 Å². The van der Waals surface area contributed by atoms with Crippen LogP contribution in [-0.4, -0.2) is 29.3 Å². The Morgan fingerprint density at radius 1 is 0.658 bits per heavy atom. The summed E-state index contributed by atoms with van der Waals surface area (Å²) < 4.78 is 18.0. The predicted molar refractivity (Wildman–Crippen MR) is 146 cm³/mol. The molecule has 2 N–H and O–H groups in total. The summed E-state index contributed by atoms with van der Waals surface area (Å²) in [7, 11) is 0. The Kier molecular flexibility index (Phi) is 6.26. The first-order valence-electron chi connectivity index (χ1n) is 12.5. The Labute approximate surface area is 228 Å². The highest BCUT2D eigenvalue weighted by molar-refractivity contribution is 9.10. The molecule has 0 radical (unpaired) electrons. The molecule has 0 aliphatic carbocycles. The number of aliphatic hydroxyl groups is 2. The Balaban J connectivity index is 0.000000146. The molecule has 2 atom stereocenters. The zero-order valence-electron chi connectivity index (χ0n) is 20.5. The quantitative estimate of drug-likeness (QED) is 0.294. The lowest BCUT2D eigenvalue weighted by Crippen LogP contribution is -2.23. The SMILES string of the molecule is OC1(c2ccc(-c3ccc(F)cc3)cc2)CCn2cncc21.OC1(c2ccc(Br)cc2)CCn2cncc21. The lowest BCUT2D eigenvalue weighted by atomic mass is 9.89. The van der Waals surface area contributed by atoms with Crippen molar-refractivity contribution in [2.45, 2.75) is 37.1 Å². The number of aromatic nitrogens is 4. The molecule has 8 heteroatoms. The Bertz CT molecular complexity index is 1560. The van der Waals surface area contributed by atoms with Crippen LogP contribution in [0, 0.1) is 5.82 Å². The molecule has 2 aliphatic heterocycles. The van der Waals surface area contributed by atoms with Crippen LogP contribution in [0.2, 0.25) is 0 Å². The van der Waals surface area contributed by atoms with Crippen molar-refractivity contribution in [2.75, 3.05) is 0 Å². The molecule has 7 rings (SSSR count). The molecule has 0 fully saturated rings. The van der Waals surface area contributed by atoms with Gasteiger partial charge in [0.15, 0.2) is 0 Å². The van der Waals surface area contributed by atoms with E-state index in [9.17, 15) is 14.6 Å². The van der Waals surface area contributed by atoms with Crippen LogP contribution in [-0.2, 0) is 24.3 Å². The Morgan fingerprint density at radius 2 is 1.08 bits per heavy atom. The van der Waals surface area contributed by atoms with E-state index in [2.05, 4.69) is 25.9 Å². The van der Waals surface area contributed by atoms with Crippen LogP contribution in [0.5, 0.6) is 0 Å². The van der Waals surface area contributed by atoms with Crippen molar-refractivity contribution >= 4 is 15.9 Å². The summed E-state index contributed by atoms with van der Waals surface area (Å²) in [5.74, 6) is -0.242. The standard InChI is InChI=1S/C18H15FN2O.C12H11BrN2O/c19-16-7-3-14(4-8-16)13-1-5-15(6-2-13)18(22)9-10-21-12-20-11-17(18)21;13-10-3-1-9(2-4-10)12(16)5-6-15-8-14-7-11(12)15/h1-8,11-12,22H,9-10H2;1-4,7-8,16H,5-6H2. The molecule has 4 heterocycles. The third-order valence-electron chi connectivity index (χ3n) is 7.56. The monoisotopic (exact) mass is 572 g/mol. The fraction of sp³-hybridized carbons (Fsp3) is 0.200. The van der Waals surface area contributed by atoms with Gasteiger partial charge in [0.25, 0.3) is 0 Å². The van der Waals surface area contributed by atoms with E-state index in [0.717, 1.165) is 51.2 Å². The number of fused-ring (bicyclic) bond motifs is 2. The Morgan fingerprint density at radius 3 is 1.55 bits per heavy atom. The minimum atomic E-state index is -0.974. The number of imidazole rings is 2. The van der Waals surface area contributed by atoms with E-state index in [1.807, 2.05) is 57.7 Å². The van der Waals surface area contributed by atoms with Gasteiger partial charge in [0, 0.05) is 30.4 Å². The molecule has 0 saturated carbocycles. The van der Waals surface area contributed by atoms with Gasteiger partial charge < -0.3 is 19.3 Å². The molecule has 0 saturated heterocycles. The number of nitrogens with zero attached hydrogens (tertiary/aromatic N) is 4. The summed E-state index contributed by atoms with van der Waals surface area (Å²) in [6.45, 7) is 1.59. The highest BCUT2D eigenvalue weighted by Gasteiger charge is 2.40. The van der Waals surface area contributed by atoms with Gasteiger partial charge in [-0.1, -0.05) is 64.5 Å². The second-order valence-corrected chi connectivity index (χ2v) is 10.7. The minimum Gasteiger partial charge on any atom is -0.379 e. The molecule has 0 bridgehead atoms. The summed E-state index contributed by atoms with van der Waals surface area (Å²) >= 11 is 3.40. The van der Waals surface area contributed by atoms with E-state index in [0.29, 0.717) is 12.8 Å². The van der Waals surface area contributed by atoms with Crippen LogP contribution >= 0.6 is 15.9 Å². The van der Waals surface area contributed by atoms with E-state index >= 15 is 0 Å². The molecule has 192 valence electrons. The second-order valence-electron chi connectivity index (χ2n) is 9.76. The normalized spacial score (nSPS) is 21.5. The first kappa shape index (κ1) is 24.7. The number of aryl methyl sites for hydroxylation is 2. The highest BCUT2D eigenvalue weighted by atomic mass is 79.9. The van der Waals surface area contributed by atoms with Crippen molar-refractivity contribution in [2.24, 2.45) is 0 Å². The molecular formula is C30H26BrFN4O2. The molecular weight excluding hydrogens is 547 g/mol. The van der Waals surface area contributed by atoms with Gasteiger partial charge in [-0.2, -0.15) is 0 Å². The van der Waals surface area contributed by atoms with Gasteiger partial charge in [-0.3, -0.25) is 0 Å². The summed E-state index contributed by atoms with van der Waals surface area (Å²) in [4.78, 5) is 8.18. The molecule has 6 nitrogen and oxygen atoms in total. The van der Waals surface area contributed by atoms with Crippen molar-refractivity contribution in [1.82, 2.24) is 19.1 Å². The first-order valence-corrected chi connectivity index (χ1v) is 13.2. The van der Waals surface area contributed by atoms with E-state index in [4.69, 9.17) is 0 Å². The van der Waals surface area contributed by atoms with E-state index in [1.165, 1.54) is 12.1 Å². The Hall–Kier alpha value is -3.59. The van der Waals surface area contributed by atoms with Crippen molar-refractivity contribution in [3.05, 3.63) is 131 Å². The lowest BCUT2D eigenvalue weighted by molar-refractivity contribution is 0.0822. The maximum absolute atomic E-state index is 13.0. The van der Waals surface area contributed by atoms with Crippen LogP contribution in [0.4, 0.5) is 4.39 Å². The first-order chi connectivity index (χ1) is 18.4. The summed E-state index contributed by atoms with van der Waals surface area (Å²) in [6, 6.07) is 22.0. The largest absolute Gasteiger partial charge is 0.379 e. The van der Waals surface area contributed by atoms with Crippen LogP contribution in [0.3, 0.4) is 0 Å². The number of hydrogen-bond donors (Lipinski definition) is 2. The number of halogens is 2. The average molecular weight is 573 g/mol. The number of hydrogen-bond acceptors (Lipinski definition) is 4. The highest BCUT2D eigenvalue weighted by Crippen LogP contribution is 2.39. The molecule has 38 heavy (non-hydrogen) atoms. The van der Waals surface area contributed by atoms with Gasteiger partial charge in [0.2, 0.25) is 0 Å². The predicted octanol–water partition coefficient (Wildman–Crippen LogP) is 5.61. The number of benzene rings is 3. The van der Waals surface area contributed by atoms with Gasteiger partial charge in [0.05, 0.1) is 36.4 Å². The zero-order chi connectivity index (χ0) is 26.3. The third-order valence-corrected chi connectivity index (χ3v) is 8.09. The van der Waals surface area contributed by atoms with Crippen molar-refractivity contribution in [1.29, 1.82) is 0 Å². The summed E-state index contributed by atoms with van der Waals surface area (Å²) in [5.41, 5.74) is 3.61. The van der Waals surface area contributed by atoms with Gasteiger partial charge >= 0.3 is 0 Å². The van der Waals surface area contributed by atoms with Crippen LogP contribution in [0.25, 0.3) is 11.1 Å². The van der Waals surface area contributed by atoms with Crippen molar-refractivity contribution < 1.29 is 14.6 Å². The van der Waals surface area contributed by atoms with Gasteiger partial charge in [-0.25, -0.2) is 14.4 Å². The third kappa shape index (κ3) is 4.28. The van der Waals surface area contributed by atoms with Gasteiger partial charge in [-0.15, -0.1) is 0 Å². The summed E-state index contributed by atoms with van der Waals surface area (Å²) in [6.07, 6.45) is 8.36. The minimum absolute atomic E-state index is 0.242.